The number of alkyl halides is 2. The first-order valence-electron chi connectivity index (χ1n) is 11.7. The van der Waals surface area contributed by atoms with Crippen LogP contribution in [0.4, 0.5) is 13.2 Å². The Hall–Kier alpha value is -3.11. The third kappa shape index (κ3) is 5.43. The molecule has 11 heteroatoms. The van der Waals surface area contributed by atoms with E-state index in [0.29, 0.717) is 12.8 Å². The molecule has 4 rings (SSSR count). The lowest BCUT2D eigenvalue weighted by molar-refractivity contribution is -0.125. The Bertz CT molecular complexity index is 1150. The standard InChI is InChI=1S/C24H30F3N5O3/c1-23(2,3)20(22(35)28-11-14-7-8-17(33)29-14)30-21(34)18-15-5-4-6-16(25)19(15)32(31-18)12-13-9-24(26,27)10-13/h4-6,13-14,20H,7-12H2,1-3H3,(H,28,35)(H,29,33)(H,30,34)/t14-,20?/m0/s1. The Morgan fingerprint density at radius 3 is 2.60 bits per heavy atom. The molecule has 0 bridgehead atoms. The number of hydrogen-bond donors (Lipinski definition) is 3. The summed E-state index contributed by atoms with van der Waals surface area (Å²) in [6.07, 6.45) is 0.411. The number of nitrogens with zero attached hydrogens (tertiary/aromatic N) is 2. The molecule has 1 saturated heterocycles. The van der Waals surface area contributed by atoms with Crippen LogP contribution in [-0.2, 0) is 16.1 Å². The van der Waals surface area contributed by atoms with Crippen molar-refractivity contribution in [3.05, 3.63) is 29.7 Å². The number of benzene rings is 1. The first-order chi connectivity index (χ1) is 16.3. The van der Waals surface area contributed by atoms with Crippen molar-refractivity contribution < 1.29 is 27.6 Å². The fourth-order valence-electron chi connectivity index (χ4n) is 4.68. The molecule has 2 fully saturated rings. The van der Waals surface area contributed by atoms with E-state index < -0.39 is 35.0 Å². The first-order valence-corrected chi connectivity index (χ1v) is 11.7. The average molecular weight is 494 g/mol. The Balaban J connectivity index is 1.53. The molecule has 35 heavy (non-hydrogen) atoms. The third-order valence-electron chi connectivity index (χ3n) is 6.55. The lowest BCUT2D eigenvalue weighted by Gasteiger charge is -2.34. The molecule has 1 aliphatic heterocycles. The van der Waals surface area contributed by atoms with Crippen LogP contribution in [0.15, 0.2) is 18.2 Å². The zero-order chi connectivity index (χ0) is 25.5. The quantitative estimate of drug-likeness (QED) is 0.552. The molecule has 1 aromatic carbocycles. The summed E-state index contributed by atoms with van der Waals surface area (Å²) in [5, 5.41) is 12.8. The second-order valence-corrected chi connectivity index (χ2v) is 10.6. The highest BCUT2D eigenvalue weighted by molar-refractivity contribution is 6.06. The molecule has 3 N–H and O–H groups in total. The second-order valence-electron chi connectivity index (χ2n) is 10.6. The minimum atomic E-state index is -2.72. The van der Waals surface area contributed by atoms with Crippen LogP contribution >= 0.6 is 0 Å². The molecule has 1 saturated carbocycles. The van der Waals surface area contributed by atoms with E-state index in [0.717, 1.165) is 0 Å². The van der Waals surface area contributed by atoms with Crippen LogP contribution < -0.4 is 16.0 Å². The van der Waals surface area contributed by atoms with Crippen molar-refractivity contribution in [1.29, 1.82) is 0 Å². The molecular formula is C24H30F3N5O3. The zero-order valence-corrected chi connectivity index (χ0v) is 20.0. The molecule has 2 atom stereocenters. The van der Waals surface area contributed by atoms with Crippen LogP contribution in [0.2, 0.25) is 0 Å². The van der Waals surface area contributed by atoms with Gasteiger partial charge in [0.2, 0.25) is 17.7 Å². The number of carbonyl (C=O) groups is 3. The molecule has 1 aromatic heterocycles. The van der Waals surface area contributed by atoms with Gasteiger partial charge in [0.25, 0.3) is 5.91 Å². The summed E-state index contributed by atoms with van der Waals surface area (Å²) in [6, 6.07) is 3.11. The van der Waals surface area contributed by atoms with Crippen molar-refractivity contribution in [2.75, 3.05) is 6.54 Å². The minimum absolute atomic E-state index is 0.0646. The van der Waals surface area contributed by atoms with Crippen molar-refractivity contribution in [1.82, 2.24) is 25.7 Å². The van der Waals surface area contributed by atoms with E-state index >= 15 is 0 Å². The van der Waals surface area contributed by atoms with E-state index in [9.17, 15) is 27.6 Å². The molecule has 1 aliphatic carbocycles. The number of nitrogens with one attached hydrogen (secondary N) is 3. The molecular weight excluding hydrogens is 463 g/mol. The van der Waals surface area contributed by atoms with Crippen molar-refractivity contribution in [3.63, 3.8) is 0 Å². The van der Waals surface area contributed by atoms with Gasteiger partial charge >= 0.3 is 0 Å². The smallest absolute Gasteiger partial charge is 0.273 e. The molecule has 1 unspecified atom stereocenters. The number of carbonyl (C=O) groups excluding carboxylic acids is 3. The van der Waals surface area contributed by atoms with Crippen molar-refractivity contribution in [2.45, 2.75) is 71.0 Å². The van der Waals surface area contributed by atoms with E-state index in [4.69, 9.17) is 0 Å². The van der Waals surface area contributed by atoms with Gasteiger partial charge in [0.15, 0.2) is 5.69 Å². The maximum atomic E-state index is 14.7. The highest BCUT2D eigenvalue weighted by Crippen LogP contribution is 2.43. The molecule has 2 aliphatic rings. The molecule has 3 amide bonds. The van der Waals surface area contributed by atoms with Gasteiger partial charge < -0.3 is 16.0 Å². The van der Waals surface area contributed by atoms with Gasteiger partial charge in [-0.3, -0.25) is 19.1 Å². The summed E-state index contributed by atoms with van der Waals surface area (Å²) < 4.78 is 42.5. The maximum Gasteiger partial charge on any atom is 0.273 e. The van der Waals surface area contributed by atoms with Crippen LogP contribution in [0.1, 0.15) is 56.9 Å². The number of halogens is 3. The normalized spacial score (nSPS) is 20.9. The van der Waals surface area contributed by atoms with Gasteiger partial charge in [-0.15, -0.1) is 0 Å². The van der Waals surface area contributed by atoms with Crippen LogP contribution in [0, 0.1) is 17.2 Å². The van der Waals surface area contributed by atoms with E-state index in [1.54, 1.807) is 26.8 Å². The van der Waals surface area contributed by atoms with E-state index in [1.807, 2.05) is 0 Å². The predicted octanol–water partition coefficient (Wildman–Crippen LogP) is 2.76. The topological polar surface area (TPSA) is 105 Å². The van der Waals surface area contributed by atoms with Crippen molar-refractivity contribution in [2.24, 2.45) is 11.3 Å². The largest absolute Gasteiger partial charge is 0.352 e. The van der Waals surface area contributed by atoms with Crippen LogP contribution in [-0.4, -0.2) is 52.1 Å². The third-order valence-corrected chi connectivity index (χ3v) is 6.55. The first kappa shape index (κ1) is 25.0. The van der Waals surface area contributed by atoms with E-state index in [-0.39, 0.29) is 60.4 Å². The van der Waals surface area contributed by atoms with Crippen LogP contribution in [0.3, 0.4) is 0 Å². The Morgan fingerprint density at radius 2 is 2.00 bits per heavy atom. The Kier molecular flexibility index (Phi) is 6.54. The number of fused-ring (bicyclic) bond motifs is 1. The Labute approximate surface area is 201 Å². The van der Waals surface area contributed by atoms with Crippen molar-refractivity contribution >= 4 is 28.6 Å². The number of aromatic nitrogens is 2. The number of amides is 3. The van der Waals surface area contributed by atoms with Gasteiger partial charge in [0, 0.05) is 43.8 Å². The molecule has 0 spiro atoms. The summed E-state index contributed by atoms with van der Waals surface area (Å²) in [5.41, 5.74) is -0.669. The molecule has 190 valence electrons. The summed E-state index contributed by atoms with van der Waals surface area (Å²) in [6.45, 7) is 5.68. The maximum absolute atomic E-state index is 14.7. The number of hydrogen-bond acceptors (Lipinski definition) is 4. The van der Waals surface area contributed by atoms with E-state index in [2.05, 4.69) is 21.0 Å². The molecule has 2 aromatic rings. The fraction of sp³-hybridized carbons (Fsp3) is 0.583. The highest BCUT2D eigenvalue weighted by atomic mass is 19.3. The second kappa shape index (κ2) is 9.16. The van der Waals surface area contributed by atoms with Gasteiger partial charge in [0.1, 0.15) is 17.4 Å². The lowest BCUT2D eigenvalue weighted by Crippen LogP contribution is -2.55. The van der Waals surface area contributed by atoms with Gasteiger partial charge in [-0.2, -0.15) is 5.10 Å². The summed E-state index contributed by atoms with van der Waals surface area (Å²) in [7, 11) is 0. The van der Waals surface area contributed by atoms with Crippen molar-refractivity contribution in [3.8, 4) is 0 Å². The van der Waals surface area contributed by atoms with Gasteiger partial charge in [-0.05, 0) is 23.8 Å². The molecule has 8 nitrogen and oxygen atoms in total. The monoisotopic (exact) mass is 493 g/mol. The molecule has 0 radical (unpaired) electrons. The molecule has 2 heterocycles. The zero-order valence-electron chi connectivity index (χ0n) is 20.0. The SMILES string of the molecule is CC(C)(C)C(NC(=O)c1nn(CC2CC(F)(F)C2)c2c(F)cccc12)C(=O)NC[C@@H]1CCC(=O)N1. The van der Waals surface area contributed by atoms with Gasteiger partial charge in [0.05, 0.1) is 0 Å². The predicted molar refractivity (Wildman–Crippen MR) is 122 cm³/mol. The number of para-hydroxylation sites is 1. The Morgan fingerprint density at radius 1 is 1.29 bits per heavy atom. The summed E-state index contributed by atoms with van der Waals surface area (Å²) in [4.78, 5) is 37.6. The fourth-order valence-corrected chi connectivity index (χ4v) is 4.68. The van der Waals surface area contributed by atoms with Gasteiger partial charge in [-0.25, -0.2) is 13.2 Å². The van der Waals surface area contributed by atoms with Crippen LogP contribution in [0.25, 0.3) is 10.9 Å². The lowest BCUT2D eigenvalue weighted by atomic mass is 9.81. The van der Waals surface area contributed by atoms with Gasteiger partial charge in [-0.1, -0.05) is 32.9 Å². The highest BCUT2D eigenvalue weighted by Gasteiger charge is 2.45. The minimum Gasteiger partial charge on any atom is -0.352 e. The van der Waals surface area contributed by atoms with Crippen LogP contribution in [0.5, 0.6) is 0 Å². The average Bonchev–Trinajstić information content (AvgIpc) is 3.32. The number of rotatable bonds is 7. The van der Waals surface area contributed by atoms with E-state index in [1.165, 1.54) is 16.8 Å². The summed E-state index contributed by atoms with van der Waals surface area (Å²) in [5.74, 6) is -4.84. The summed E-state index contributed by atoms with van der Waals surface area (Å²) >= 11 is 0.